The summed E-state index contributed by atoms with van der Waals surface area (Å²) in [6.45, 7) is 8.92. The zero-order valence-corrected chi connectivity index (χ0v) is 21.8. The van der Waals surface area contributed by atoms with E-state index in [-0.39, 0.29) is 11.9 Å². The van der Waals surface area contributed by atoms with Crippen molar-refractivity contribution in [3.05, 3.63) is 34.9 Å². The molecule has 194 valence electrons. The average Bonchev–Trinajstić information content (AvgIpc) is 2.71. The summed E-state index contributed by atoms with van der Waals surface area (Å²) in [5.74, 6) is -1.67. The molecule has 1 aromatic rings. The molecular weight excluding hydrogens is 448 g/mol. The Kier molecular flexibility index (Phi) is 9.68. The molecule has 0 bridgehead atoms. The number of carbonyl (C=O) groups is 4. The van der Waals surface area contributed by atoms with Crippen LogP contribution in [0.15, 0.2) is 18.2 Å². The molecule has 0 aromatic heterocycles. The van der Waals surface area contributed by atoms with Crippen LogP contribution in [0.1, 0.15) is 82.0 Å². The van der Waals surface area contributed by atoms with E-state index in [9.17, 15) is 19.2 Å². The van der Waals surface area contributed by atoms with E-state index in [0.29, 0.717) is 5.56 Å². The quantitative estimate of drug-likeness (QED) is 0.518. The van der Waals surface area contributed by atoms with Crippen molar-refractivity contribution >= 4 is 23.8 Å². The summed E-state index contributed by atoms with van der Waals surface area (Å²) in [7, 11) is 1.50. The Balaban J connectivity index is 2.35. The van der Waals surface area contributed by atoms with Crippen molar-refractivity contribution in [2.45, 2.75) is 96.9 Å². The van der Waals surface area contributed by atoms with Crippen LogP contribution in [0.3, 0.4) is 0 Å². The van der Waals surface area contributed by atoms with Gasteiger partial charge in [-0.25, -0.2) is 4.79 Å². The van der Waals surface area contributed by atoms with Crippen LogP contribution in [-0.2, 0) is 19.1 Å². The largest absolute Gasteiger partial charge is 0.444 e. The zero-order valence-electron chi connectivity index (χ0n) is 21.8. The van der Waals surface area contributed by atoms with Gasteiger partial charge in [0.15, 0.2) is 0 Å². The summed E-state index contributed by atoms with van der Waals surface area (Å²) in [5.41, 5.74) is 7.14. The number of hydrogen-bond acceptors (Lipinski definition) is 5. The third kappa shape index (κ3) is 8.88. The number of nitrogens with two attached hydrogens (primary N) is 1. The number of ether oxygens (including phenoxy) is 1. The molecule has 0 aliphatic heterocycles. The minimum atomic E-state index is -1.27. The molecule has 2 atom stereocenters. The Morgan fingerprint density at radius 2 is 1.63 bits per heavy atom. The molecule has 4 amide bonds. The third-order valence-corrected chi connectivity index (χ3v) is 5.89. The van der Waals surface area contributed by atoms with E-state index in [2.05, 4.69) is 10.6 Å². The fourth-order valence-corrected chi connectivity index (χ4v) is 4.47. The second-order valence-electron chi connectivity index (χ2n) is 10.5. The lowest BCUT2D eigenvalue weighted by atomic mass is 9.94. The van der Waals surface area contributed by atoms with E-state index in [4.69, 9.17) is 10.5 Å². The number of aryl methyl sites for hydroxylation is 2. The van der Waals surface area contributed by atoms with Crippen molar-refractivity contribution in [3.63, 3.8) is 0 Å². The predicted octanol–water partition coefficient (Wildman–Crippen LogP) is 3.02. The average molecular weight is 489 g/mol. The number of hydrogen-bond donors (Lipinski definition) is 3. The van der Waals surface area contributed by atoms with E-state index in [0.717, 1.165) is 43.2 Å². The van der Waals surface area contributed by atoms with Crippen LogP contribution in [0.5, 0.6) is 0 Å². The molecule has 9 nitrogen and oxygen atoms in total. The molecule has 0 saturated heterocycles. The van der Waals surface area contributed by atoms with Crippen molar-refractivity contribution in [2.24, 2.45) is 5.73 Å². The number of amides is 4. The van der Waals surface area contributed by atoms with Gasteiger partial charge in [-0.1, -0.05) is 48.6 Å². The molecule has 0 heterocycles. The third-order valence-electron chi connectivity index (χ3n) is 5.89. The lowest BCUT2D eigenvalue weighted by Gasteiger charge is -2.33. The van der Waals surface area contributed by atoms with Gasteiger partial charge in [0.1, 0.15) is 17.7 Å². The second-order valence-corrected chi connectivity index (χ2v) is 10.5. The van der Waals surface area contributed by atoms with Crippen LogP contribution in [0, 0.1) is 13.8 Å². The molecule has 2 rings (SSSR count). The van der Waals surface area contributed by atoms with E-state index in [1.54, 1.807) is 20.8 Å². The molecule has 1 fully saturated rings. The van der Waals surface area contributed by atoms with Gasteiger partial charge in [-0.05, 0) is 53.0 Å². The summed E-state index contributed by atoms with van der Waals surface area (Å²) in [6.07, 6.45) is 3.77. The Bertz CT molecular complexity index is 914. The maximum absolute atomic E-state index is 13.5. The maximum atomic E-state index is 13.5. The van der Waals surface area contributed by atoms with Gasteiger partial charge in [0.05, 0.1) is 6.42 Å². The summed E-state index contributed by atoms with van der Waals surface area (Å²) >= 11 is 0. The minimum Gasteiger partial charge on any atom is -0.444 e. The van der Waals surface area contributed by atoms with Gasteiger partial charge in [-0.2, -0.15) is 0 Å². The summed E-state index contributed by atoms with van der Waals surface area (Å²) < 4.78 is 5.25. The highest BCUT2D eigenvalue weighted by Crippen LogP contribution is 2.25. The molecule has 0 spiro atoms. The van der Waals surface area contributed by atoms with Gasteiger partial charge in [0.2, 0.25) is 17.7 Å². The standard InChI is InChI=1S/C26H40N4O5/c1-16-12-17(2)14-18(13-16)22(23(32)28-19-10-8-7-9-11-19)30(6)24(33)20(15-21(27)31)29-25(34)35-26(3,4)5/h12-14,19-20,22H,7-11,15H2,1-6H3,(H2,27,31)(H,28,32)(H,29,34). The highest BCUT2D eigenvalue weighted by atomic mass is 16.6. The van der Waals surface area contributed by atoms with Crippen LogP contribution in [-0.4, -0.2) is 53.4 Å². The Morgan fingerprint density at radius 3 is 2.14 bits per heavy atom. The molecule has 1 aliphatic carbocycles. The Labute approximate surface area is 208 Å². The van der Waals surface area contributed by atoms with Gasteiger partial charge in [0.25, 0.3) is 0 Å². The van der Waals surface area contributed by atoms with Crippen molar-refractivity contribution in [3.8, 4) is 0 Å². The fourth-order valence-electron chi connectivity index (χ4n) is 4.47. The van der Waals surface area contributed by atoms with Gasteiger partial charge < -0.3 is 26.0 Å². The molecule has 9 heteroatoms. The van der Waals surface area contributed by atoms with E-state index in [1.807, 2.05) is 32.0 Å². The van der Waals surface area contributed by atoms with Crippen LogP contribution in [0.4, 0.5) is 4.79 Å². The molecule has 4 N–H and O–H groups in total. The van der Waals surface area contributed by atoms with Crippen LogP contribution in [0.2, 0.25) is 0 Å². The lowest BCUT2D eigenvalue weighted by molar-refractivity contribution is -0.142. The number of nitrogens with zero attached hydrogens (tertiary/aromatic N) is 1. The first-order valence-electron chi connectivity index (χ1n) is 12.2. The molecule has 1 saturated carbocycles. The van der Waals surface area contributed by atoms with Gasteiger partial charge in [-0.15, -0.1) is 0 Å². The number of alkyl carbamates (subject to hydrolysis) is 1. The number of rotatable bonds is 8. The minimum absolute atomic E-state index is 0.0504. The first kappa shape index (κ1) is 28.1. The number of nitrogens with one attached hydrogen (secondary N) is 2. The summed E-state index contributed by atoms with van der Waals surface area (Å²) in [4.78, 5) is 52.4. The number of likely N-dealkylation sites (N-methyl/N-ethyl adjacent to an activating group) is 1. The highest BCUT2D eigenvalue weighted by molar-refractivity contribution is 5.94. The van der Waals surface area contributed by atoms with Gasteiger partial charge in [0, 0.05) is 13.1 Å². The molecule has 1 aromatic carbocycles. The normalized spacial score (nSPS) is 16.1. The molecule has 1 aliphatic rings. The number of benzene rings is 1. The van der Waals surface area contributed by atoms with Gasteiger partial charge in [-0.3, -0.25) is 14.4 Å². The van der Waals surface area contributed by atoms with Crippen molar-refractivity contribution in [2.75, 3.05) is 7.05 Å². The van der Waals surface area contributed by atoms with E-state index < -0.39 is 42.0 Å². The predicted molar refractivity (Wildman–Crippen MR) is 133 cm³/mol. The first-order chi connectivity index (χ1) is 16.3. The first-order valence-corrected chi connectivity index (χ1v) is 12.2. The van der Waals surface area contributed by atoms with E-state index >= 15 is 0 Å². The number of primary amides is 1. The number of carbonyl (C=O) groups excluding carboxylic acids is 4. The topological polar surface area (TPSA) is 131 Å². The van der Waals surface area contributed by atoms with Gasteiger partial charge >= 0.3 is 6.09 Å². The van der Waals surface area contributed by atoms with E-state index in [1.165, 1.54) is 11.9 Å². The smallest absolute Gasteiger partial charge is 0.408 e. The van der Waals surface area contributed by atoms with Crippen LogP contribution >= 0.6 is 0 Å². The lowest BCUT2D eigenvalue weighted by Crippen LogP contribution is -2.53. The maximum Gasteiger partial charge on any atom is 0.408 e. The molecular formula is C26H40N4O5. The molecule has 2 unspecified atom stereocenters. The monoisotopic (exact) mass is 488 g/mol. The van der Waals surface area contributed by atoms with Crippen molar-refractivity contribution < 1.29 is 23.9 Å². The zero-order chi connectivity index (χ0) is 26.3. The second kappa shape index (κ2) is 12.0. The van der Waals surface area contributed by atoms with Crippen LogP contribution in [0.25, 0.3) is 0 Å². The Hall–Kier alpha value is -3.10. The van der Waals surface area contributed by atoms with Crippen molar-refractivity contribution in [1.82, 2.24) is 15.5 Å². The fraction of sp³-hybridized carbons (Fsp3) is 0.615. The molecule has 35 heavy (non-hydrogen) atoms. The highest BCUT2D eigenvalue weighted by Gasteiger charge is 2.35. The van der Waals surface area contributed by atoms with Crippen LogP contribution < -0.4 is 16.4 Å². The van der Waals surface area contributed by atoms with Crippen molar-refractivity contribution in [1.29, 1.82) is 0 Å². The summed E-state index contributed by atoms with van der Waals surface area (Å²) in [5, 5.41) is 5.56. The summed E-state index contributed by atoms with van der Waals surface area (Å²) in [6, 6.07) is 3.55. The SMILES string of the molecule is Cc1cc(C)cc(C(C(=O)NC2CCCCC2)N(C)C(=O)C(CC(N)=O)NC(=O)OC(C)(C)C)c1. The Morgan fingerprint density at radius 1 is 1.06 bits per heavy atom. The molecule has 0 radical (unpaired) electrons.